The lowest BCUT2D eigenvalue weighted by Gasteiger charge is -2.37. The summed E-state index contributed by atoms with van der Waals surface area (Å²) in [6.07, 6.45) is 0. The number of aryl methyl sites for hydroxylation is 1. The number of carbonyl (C=O) groups is 1. The fraction of sp³-hybridized carbons (Fsp3) is 0.450. The third-order valence-corrected chi connectivity index (χ3v) is 6.15. The molecule has 0 aliphatic carbocycles. The molecule has 6 heteroatoms. The largest absolute Gasteiger partial charge is 0.351 e. The first-order chi connectivity index (χ1) is 12.5. The smallest absolute Gasteiger partial charge is 0.237 e. The summed E-state index contributed by atoms with van der Waals surface area (Å²) in [5.74, 6) is 0.101. The molecular weight excluding hydrogens is 366 g/mol. The zero-order chi connectivity index (χ0) is 18.5. The van der Waals surface area contributed by atoms with E-state index in [1.165, 1.54) is 10.4 Å². The summed E-state index contributed by atoms with van der Waals surface area (Å²) in [6, 6.07) is 12.2. The number of carbonyl (C=O) groups excluding carboxylic acids is 1. The number of thiophene rings is 1. The molecule has 0 bridgehead atoms. The van der Waals surface area contributed by atoms with Crippen molar-refractivity contribution < 1.29 is 4.79 Å². The molecule has 1 amide bonds. The van der Waals surface area contributed by atoms with Crippen molar-refractivity contribution in [3.63, 3.8) is 0 Å². The quantitative estimate of drug-likeness (QED) is 0.818. The molecule has 0 radical (unpaired) electrons. The lowest BCUT2D eigenvalue weighted by atomic mass is 10.1. The van der Waals surface area contributed by atoms with E-state index in [-0.39, 0.29) is 11.9 Å². The molecule has 0 saturated carbocycles. The monoisotopic (exact) mass is 391 g/mol. The number of benzene rings is 1. The minimum absolute atomic E-state index is 0.0984. The van der Waals surface area contributed by atoms with Crippen molar-refractivity contribution >= 4 is 28.8 Å². The molecule has 1 aromatic carbocycles. The van der Waals surface area contributed by atoms with Crippen LogP contribution in [0.4, 0.5) is 0 Å². The van der Waals surface area contributed by atoms with Gasteiger partial charge in [0.2, 0.25) is 5.91 Å². The molecule has 3 rings (SSSR count). The van der Waals surface area contributed by atoms with Crippen LogP contribution in [0.5, 0.6) is 0 Å². The Morgan fingerprint density at radius 3 is 2.46 bits per heavy atom. The summed E-state index contributed by atoms with van der Waals surface area (Å²) >= 11 is 7.65. The summed E-state index contributed by atoms with van der Waals surface area (Å²) in [5.41, 5.74) is 2.37. The fourth-order valence-corrected chi connectivity index (χ4v) is 4.30. The Labute approximate surface area is 164 Å². The molecule has 1 aromatic heterocycles. The number of hydrogen-bond donors (Lipinski definition) is 1. The Morgan fingerprint density at radius 1 is 1.15 bits per heavy atom. The molecule has 1 fully saturated rings. The van der Waals surface area contributed by atoms with Crippen LogP contribution in [0.1, 0.15) is 22.9 Å². The fourth-order valence-electron chi connectivity index (χ4n) is 3.17. The van der Waals surface area contributed by atoms with Gasteiger partial charge in [0.1, 0.15) is 0 Å². The second-order valence-corrected chi connectivity index (χ2v) is 8.70. The molecule has 1 aliphatic heterocycles. The van der Waals surface area contributed by atoms with E-state index in [9.17, 15) is 4.79 Å². The van der Waals surface area contributed by atoms with Gasteiger partial charge in [0.05, 0.1) is 10.4 Å². The van der Waals surface area contributed by atoms with E-state index in [0.717, 1.165) is 42.6 Å². The summed E-state index contributed by atoms with van der Waals surface area (Å²) < 4.78 is 0.845. The number of rotatable bonds is 6. The molecule has 1 aliphatic rings. The van der Waals surface area contributed by atoms with E-state index in [4.69, 9.17) is 11.6 Å². The van der Waals surface area contributed by atoms with Crippen LogP contribution in [0, 0.1) is 6.92 Å². The number of nitrogens with one attached hydrogen (secondary N) is 1. The Morgan fingerprint density at radius 2 is 1.85 bits per heavy atom. The van der Waals surface area contributed by atoms with Gasteiger partial charge >= 0.3 is 0 Å². The predicted molar refractivity (Wildman–Crippen MR) is 109 cm³/mol. The first-order valence-electron chi connectivity index (χ1n) is 9.05. The topological polar surface area (TPSA) is 35.6 Å². The van der Waals surface area contributed by atoms with Crippen molar-refractivity contribution in [2.75, 3.05) is 26.2 Å². The number of amides is 1. The van der Waals surface area contributed by atoms with Crippen LogP contribution in [0.3, 0.4) is 0 Å². The van der Waals surface area contributed by atoms with Gasteiger partial charge in [0.15, 0.2) is 0 Å². The predicted octanol–water partition coefficient (Wildman–Crippen LogP) is 3.53. The number of halogens is 1. The third-order valence-electron chi connectivity index (χ3n) is 4.93. The first kappa shape index (κ1) is 19.4. The summed E-state index contributed by atoms with van der Waals surface area (Å²) in [5, 5.41) is 3.06. The van der Waals surface area contributed by atoms with Gasteiger partial charge in [-0.3, -0.25) is 14.6 Å². The van der Waals surface area contributed by atoms with Crippen LogP contribution in [-0.2, 0) is 17.9 Å². The molecule has 26 heavy (non-hydrogen) atoms. The van der Waals surface area contributed by atoms with Crippen molar-refractivity contribution in [1.29, 1.82) is 0 Å². The Balaban J connectivity index is 1.42. The normalized spacial score (nSPS) is 17.2. The van der Waals surface area contributed by atoms with Crippen LogP contribution in [-0.4, -0.2) is 47.9 Å². The van der Waals surface area contributed by atoms with Gasteiger partial charge in [0.25, 0.3) is 0 Å². The molecule has 2 aromatic rings. The third kappa shape index (κ3) is 5.30. The highest BCUT2D eigenvalue weighted by Gasteiger charge is 2.25. The minimum atomic E-state index is -0.0984. The number of hydrogen-bond acceptors (Lipinski definition) is 4. The molecule has 1 atom stereocenters. The Kier molecular flexibility index (Phi) is 6.70. The number of nitrogens with zero attached hydrogens (tertiary/aromatic N) is 2. The molecule has 1 unspecified atom stereocenters. The molecule has 1 saturated heterocycles. The summed E-state index contributed by atoms with van der Waals surface area (Å²) in [6.45, 7) is 9.38. The van der Waals surface area contributed by atoms with E-state index in [1.807, 2.05) is 13.0 Å². The highest BCUT2D eigenvalue weighted by Crippen LogP contribution is 2.23. The molecular formula is C20H26ClN3OS. The second kappa shape index (κ2) is 9.00. The van der Waals surface area contributed by atoms with Gasteiger partial charge in [-0.15, -0.1) is 11.3 Å². The van der Waals surface area contributed by atoms with Crippen LogP contribution < -0.4 is 5.32 Å². The Bertz CT molecular complexity index is 723. The maximum absolute atomic E-state index is 12.5. The van der Waals surface area contributed by atoms with Gasteiger partial charge in [-0.25, -0.2) is 0 Å². The first-order valence-corrected chi connectivity index (χ1v) is 10.2. The lowest BCUT2D eigenvalue weighted by molar-refractivity contribution is -0.126. The SMILES string of the molecule is Cc1ccc(CNC(=O)C(C)N2CCN(Cc3ccc(Cl)s3)CC2)cc1. The van der Waals surface area contributed by atoms with Crippen LogP contribution >= 0.6 is 22.9 Å². The molecule has 0 spiro atoms. The van der Waals surface area contributed by atoms with Crippen molar-refractivity contribution in [2.45, 2.75) is 33.0 Å². The Hall–Kier alpha value is -1.40. The van der Waals surface area contributed by atoms with Crippen molar-refractivity contribution in [1.82, 2.24) is 15.1 Å². The lowest BCUT2D eigenvalue weighted by Crippen LogP contribution is -2.53. The van der Waals surface area contributed by atoms with E-state index >= 15 is 0 Å². The zero-order valence-electron chi connectivity index (χ0n) is 15.4. The van der Waals surface area contributed by atoms with Gasteiger partial charge in [-0.05, 0) is 31.5 Å². The van der Waals surface area contributed by atoms with Gasteiger partial charge < -0.3 is 5.32 Å². The molecule has 1 N–H and O–H groups in total. The van der Waals surface area contributed by atoms with Crippen LogP contribution in [0.2, 0.25) is 4.34 Å². The molecule has 2 heterocycles. The summed E-state index contributed by atoms with van der Waals surface area (Å²) in [4.78, 5) is 18.5. The van der Waals surface area contributed by atoms with E-state index < -0.39 is 0 Å². The minimum Gasteiger partial charge on any atom is -0.351 e. The zero-order valence-corrected chi connectivity index (χ0v) is 16.9. The average Bonchev–Trinajstić information content (AvgIpc) is 3.06. The maximum Gasteiger partial charge on any atom is 0.237 e. The van der Waals surface area contributed by atoms with Gasteiger partial charge in [-0.2, -0.15) is 0 Å². The van der Waals surface area contributed by atoms with E-state index in [0.29, 0.717) is 6.54 Å². The van der Waals surface area contributed by atoms with Gasteiger partial charge in [-0.1, -0.05) is 41.4 Å². The molecule has 4 nitrogen and oxygen atoms in total. The van der Waals surface area contributed by atoms with Crippen LogP contribution in [0.25, 0.3) is 0 Å². The van der Waals surface area contributed by atoms with Crippen LogP contribution in [0.15, 0.2) is 36.4 Å². The number of piperazine rings is 1. The second-order valence-electron chi connectivity index (χ2n) is 6.90. The van der Waals surface area contributed by atoms with Gasteiger partial charge in [0, 0.05) is 44.1 Å². The highest BCUT2D eigenvalue weighted by molar-refractivity contribution is 7.16. The maximum atomic E-state index is 12.5. The summed E-state index contributed by atoms with van der Waals surface area (Å²) in [7, 11) is 0. The van der Waals surface area contributed by atoms with Crippen molar-refractivity contribution in [2.24, 2.45) is 0 Å². The van der Waals surface area contributed by atoms with Crippen molar-refractivity contribution in [3.8, 4) is 0 Å². The van der Waals surface area contributed by atoms with E-state index in [2.05, 4.69) is 52.4 Å². The van der Waals surface area contributed by atoms with E-state index in [1.54, 1.807) is 11.3 Å². The molecule has 140 valence electrons. The van der Waals surface area contributed by atoms with Crippen molar-refractivity contribution in [3.05, 3.63) is 56.7 Å². The highest BCUT2D eigenvalue weighted by atomic mass is 35.5. The standard InChI is InChI=1S/C20H26ClN3OS/c1-15-3-5-17(6-4-15)13-22-20(25)16(2)24-11-9-23(10-12-24)14-18-7-8-19(21)26-18/h3-8,16H,9-14H2,1-2H3,(H,22,25). The average molecular weight is 392 g/mol.